The van der Waals surface area contributed by atoms with Gasteiger partial charge < -0.3 is 0 Å². The third-order valence-corrected chi connectivity index (χ3v) is 9.15. The first kappa shape index (κ1) is 77.0. The van der Waals surface area contributed by atoms with E-state index in [1.54, 1.807) is 131 Å². The monoisotopic (exact) mass is 1220 g/mol. The number of aryl methyl sites for hydroxylation is 13. The Kier molecular flexibility index (Phi) is 46.2. The normalized spacial score (nSPS) is 8.71. The van der Waals surface area contributed by atoms with Crippen molar-refractivity contribution >= 4 is 0 Å². The van der Waals surface area contributed by atoms with Crippen molar-refractivity contribution in [1.29, 1.82) is 0 Å². The van der Waals surface area contributed by atoms with Crippen LogP contribution in [0.25, 0.3) is 0 Å². The van der Waals surface area contributed by atoms with Crippen molar-refractivity contribution in [2.45, 2.75) is 90.0 Å². The number of rotatable bonds is 0. The standard InChI is InChI=1S/3C6H7N.6C5H6N2.4C4H5N3/c1-6-2-4-7-5-3-6;1-6-3-2-4-7-5-6;1-6-4-2-3-5-7-6;1-5-2-6-4-7-3-5;1-5-4-6-2-3-7-5;1-5-2-3-6-4-7-5;1-5-2-3-6-7-4-5;1-5-6-3-2-4-7-5;1-5-3-2-4-6-7-5;1-4-6-2-5-3-7-4;1-4-2-6-7-3-5-4;1-4-2-5-3-6-7-4;1-4-5-2-3-6-7-4/h3*2-5H,1H3;6*2-4H,1H3;4*2-3H,1H3. The first-order valence-corrected chi connectivity index (χ1v) is 27.5. The SMILES string of the molecule is Cc1ccccn1.Cc1cccnc1.Cc1cccnn1.Cc1ccncc1.Cc1ccncn1.Cc1ccnnc1.Cc1cnccn1.Cc1cncnc1.Cc1cncnn1.Cc1cnncn1.Cc1ncccn1.Cc1nccnn1.Cc1ncncn1. The van der Waals surface area contributed by atoms with Crippen LogP contribution in [0.15, 0.2) is 235 Å². The van der Waals surface area contributed by atoms with Gasteiger partial charge in [0.25, 0.3) is 0 Å². The molecule has 0 aromatic carbocycles. The minimum Gasteiger partial charge on any atom is -0.265 e. The molecule has 13 rings (SSSR count). The van der Waals surface area contributed by atoms with Crippen LogP contribution < -0.4 is 0 Å². The molecule has 0 spiro atoms. The number of hydrogen-bond donors (Lipinski definition) is 0. The van der Waals surface area contributed by atoms with Crippen molar-refractivity contribution in [2.75, 3.05) is 0 Å². The highest BCUT2D eigenvalue weighted by molar-refractivity contribution is 5.06. The van der Waals surface area contributed by atoms with E-state index in [0.29, 0.717) is 5.82 Å². The van der Waals surface area contributed by atoms with Crippen molar-refractivity contribution in [3.05, 3.63) is 309 Å². The minimum atomic E-state index is 0.711. The molecule has 0 aliphatic rings. The Labute approximate surface area is 532 Å². The number of pyridine rings is 3. The average Bonchev–Trinajstić information content (AvgIpc) is 3.57. The fourth-order valence-corrected chi connectivity index (χ4v) is 4.76. The zero-order valence-corrected chi connectivity index (χ0v) is 53.5. The van der Waals surface area contributed by atoms with Crippen LogP contribution in [0.3, 0.4) is 0 Å². The van der Waals surface area contributed by atoms with Crippen LogP contribution in [0.5, 0.6) is 0 Å². The number of hydrogen-bond acceptors (Lipinski definition) is 27. The lowest BCUT2D eigenvalue weighted by molar-refractivity contribution is 0.907. The largest absolute Gasteiger partial charge is 0.265 e. The van der Waals surface area contributed by atoms with E-state index in [0.717, 1.165) is 56.9 Å². The molecule has 0 fully saturated rings. The maximum atomic E-state index is 3.98. The van der Waals surface area contributed by atoms with Gasteiger partial charge in [0.15, 0.2) is 0 Å². The summed E-state index contributed by atoms with van der Waals surface area (Å²) in [6.45, 7) is 24.9. The molecule has 0 unspecified atom stereocenters. The molecule has 0 saturated heterocycles. The van der Waals surface area contributed by atoms with Gasteiger partial charge in [-0.25, -0.2) is 59.8 Å². The van der Waals surface area contributed by atoms with Crippen LogP contribution in [0, 0.1) is 90.0 Å². The van der Waals surface area contributed by atoms with Crippen molar-refractivity contribution in [3.63, 3.8) is 0 Å². The van der Waals surface area contributed by atoms with E-state index in [9.17, 15) is 0 Å². The summed E-state index contributed by atoms with van der Waals surface area (Å²) in [5.74, 6) is 2.29. The lowest BCUT2D eigenvalue weighted by Gasteiger charge is -1.82. The summed E-state index contributed by atoms with van der Waals surface area (Å²) in [5.41, 5.74) is 10.5. The summed E-state index contributed by atoms with van der Waals surface area (Å²) < 4.78 is 0. The fourth-order valence-electron chi connectivity index (χ4n) is 4.76. The van der Waals surface area contributed by atoms with Crippen molar-refractivity contribution in [2.24, 2.45) is 0 Å². The molecule has 0 N–H and O–H groups in total. The summed E-state index contributed by atoms with van der Waals surface area (Å²) in [4.78, 5) is 64.8. The Bertz CT molecular complexity index is 2670. The van der Waals surface area contributed by atoms with E-state index in [-0.39, 0.29) is 0 Å². The van der Waals surface area contributed by atoms with E-state index in [1.807, 2.05) is 156 Å². The number of nitrogens with zero attached hydrogens (tertiary/aromatic N) is 27. The first-order chi connectivity index (χ1) is 44.1. The topological polar surface area (TPSA) is 348 Å². The van der Waals surface area contributed by atoms with E-state index in [1.165, 1.54) is 49.1 Å². The zero-order valence-electron chi connectivity index (χ0n) is 53.5. The van der Waals surface area contributed by atoms with Gasteiger partial charge in [0.05, 0.1) is 47.6 Å². The first-order valence-electron chi connectivity index (χ1n) is 27.5. The summed E-state index contributed by atoms with van der Waals surface area (Å²) in [6.07, 6.45) is 43.1. The van der Waals surface area contributed by atoms with Gasteiger partial charge in [0.1, 0.15) is 55.4 Å². The lowest BCUT2D eigenvalue weighted by atomic mass is 10.3. The Hall–Kier alpha value is -12.0. The Morgan fingerprint density at radius 3 is 1.01 bits per heavy atom. The molecular weight excluding hydrogens is 1150 g/mol. The van der Waals surface area contributed by atoms with Gasteiger partial charge in [-0.05, 0) is 173 Å². The second-order valence-corrected chi connectivity index (χ2v) is 17.6. The molecule has 0 bridgehead atoms. The van der Waals surface area contributed by atoms with Gasteiger partial charge in [-0.1, -0.05) is 12.1 Å². The molecule has 91 heavy (non-hydrogen) atoms. The van der Waals surface area contributed by atoms with Crippen LogP contribution >= 0.6 is 0 Å². The fraction of sp³-hybridized carbons (Fsp3) is 0.203. The smallest absolute Gasteiger partial charge is 0.147 e. The Morgan fingerprint density at radius 2 is 0.725 bits per heavy atom. The maximum absolute atomic E-state index is 3.98. The van der Waals surface area contributed by atoms with Crippen LogP contribution in [0.2, 0.25) is 0 Å². The van der Waals surface area contributed by atoms with Gasteiger partial charge >= 0.3 is 0 Å². The molecule has 0 aliphatic heterocycles. The lowest BCUT2D eigenvalue weighted by Crippen LogP contribution is -1.85. The minimum absolute atomic E-state index is 0.711. The second-order valence-electron chi connectivity index (χ2n) is 17.6. The van der Waals surface area contributed by atoms with Crippen molar-refractivity contribution in [1.82, 2.24) is 136 Å². The quantitative estimate of drug-likeness (QED) is 0.136. The van der Waals surface area contributed by atoms with E-state index in [4.69, 9.17) is 0 Å². The van der Waals surface area contributed by atoms with Gasteiger partial charge in [0, 0.05) is 111 Å². The molecular formula is C64H77N27. The summed E-state index contributed by atoms with van der Waals surface area (Å²) in [5, 5.41) is 36.0. The van der Waals surface area contributed by atoms with Crippen molar-refractivity contribution < 1.29 is 0 Å². The highest BCUT2D eigenvalue weighted by atomic mass is 15.1. The Morgan fingerprint density at radius 1 is 0.187 bits per heavy atom. The molecule has 0 radical (unpaired) electrons. The molecule has 13 aromatic rings. The van der Waals surface area contributed by atoms with Gasteiger partial charge in [-0.15, -0.1) is 15.3 Å². The summed E-state index contributed by atoms with van der Waals surface area (Å²) in [7, 11) is 0. The summed E-state index contributed by atoms with van der Waals surface area (Å²) >= 11 is 0. The Balaban J connectivity index is 0.000000493. The molecule has 468 valence electrons. The van der Waals surface area contributed by atoms with Crippen LogP contribution in [0.4, 0.5) is 0 Å². The van der Waals surface area contributed by atoms with Crippen LogP contribution in [-0.2, 0) is 0 Å². The van der Waals surface area contributed by atoms with Crippen LogP contribution in [-0.4, -0.2) is 136 Å². The van der Waals surface area contributed by atoms with E-state index >= 15 is 0 Å². The highest BCUT2D eigenvalue weighted by Crippen LogP contribution is 1.91. The van der Waals surface area contributed by atoms with Crippen LogP contribution in [0.1, 0.15) is 73.9 Å². The average molecular weight is 1220 g/mol. The molecule has 0 atom stereocenters. The third kappa shape index (κ3) is 53.2. The molecule has 13 heterocycles. The molecule has 27 heteroatoms. The summed E-state index contributed by atoms with van der Waals surface area (Å²) in [6, 6.07) is 23.1. The van der Waals surface area contributed by atoms with Crippen molar-refractivity contribution in [3.8, 4) is 0 Å². The molecule has 13 aromatic heterocycles. The zero-order chi connectivity index (χ0) is 66.5. The predicted molar refractivity (Wildman–Crippen MR) is 346 cm³/mol. The molecule has 0 saturated carbocycles. The molecule has 27 nitrogen and oxygen atoms in total. The van der Waals surface area contributed by atoms with Gasteiger partial charge in [-0.3, -0.25) is 24.9 Å². The second kappa shape index (κ2) is 54.6. The third-order valence-electron chi connectivity index (χ3n) is 9.15. The predicted octanol–water partition coefficient (Wildman–Crippen LogP) is 9.60. The maximum Gasteiger partial charge on any atom is 0.147 e. The molecule has 0 aliphatic carbocycles. The van der Waals surface area contributed by atoms with E-state index < -0.39 is 0 Å². The highest BCUT2D eigenvalue weighted by Gasteiger charge is 1.82. The van der Waals surface area contributed by atoms with Gasteiger partial charge in [0.2, 0.25) is 0 Å². The van der Waals surface area contributed by atoms with Gasteiger partial charge in [-0.2, -0.15) is 35.7 Å². The van der Waals surface area contributed by atoms with E-state index in [2.05, 4.69) is 136 Å². The number of aromatic nitrogens is 27. The molecule has 0 amide bonds.